The highest BCUT2D eigenvalue weighted by atomic mass is 19.4. The highest BCUT2D eigenvalue weighted by molar-refractivity contribution is 5.56. The van der Waals surface area contributed by atoms with Crippen LogP contribution in [-0.4, -0.2) is 19.3 Å². The van der Waals surface area contributed by atoms with Gasteiger partial charge >= 0.3 is 6.18 Å². The first-order valence-corrected chi connectivity index (χ1v) is 5.62. The molecule has 0 radical (unpaired) electrons. The third-order valence-corrected chi connectivity index (χ3v) is 2.58. The predicted molar refractivity (Wildman–Crippen MR) is 62.9 cm³/mol. The molecule has 2 nitrogen and oxygen atoms in total. The molecule has 0 unspecified atom stereocenters. The molecule has 0 aliphatic heterocycles. The zero-order chi connectivity index (χ0) is 13.9. The minimum atomic E-state index is -4.38. The number of alkyl halides is 3. The van der Waals surface area contributed by atoms with Crippen LogP contribution in [0.15, 0.2) is 18.2 Å². The van der Waals surface area contributed by atoms with Crippen molar-refractivity contribution < 1.29 is 17.6 Å². The Kier molecular flexibility index (Phi) is 4.56. The number of anilines is 1. The standard InChI is InChI=1S/C12H16F4N2/c1-3-18(7-12(14,15)16)11-9(8(2)17)5-4-6-10(11)13/h4-6,8H,3,7,17H2,1-2H3/t8-/m0/s1. The molecule has 18 heavy (non-hydrogen) atoms. The number of benzene rings is 1. The highest BCUT2D eigenvalue weighted by Gasteiger charge is 2.32. The number of hydrogen-bond acceptors (Lipinski definition) is 2. The summed E-state index contributed by atoms with van der Waals surface area (Å²) in [5.74, 6) is -0.684. The van der Waals surface area contributed by atoms with Crippen molar-refractivity contribution >= 4 is 5.69 Å². The molecule has 0 fully saturated rings. The number of halogens is 4. The lowest BCUT2D eigenvalue weighted by molar-refractivity contribution is -0.119. The van der Waals surface area contributed by atoms with Gasteiger partial charge in [0.2, 0.25) is 0 Å². The van der Waals surface area contributed by atoms with Crippen molar-refractivity contribution in [2.45, 2.75) is 26.1 Å². The van der Waals surface area contributed by atoms with Crippen LogP contribution < -0.4 is 10.6 Å². The number of nitrogens with two attached hydrogens (primary N) is 1. The van der Waals surface area contributed by atoms with Gasteiger partial charge in [0.05, 0.1) is 5.69 Å². The van der Waals surface area contributed by atoms with Crippen molar-refractivity contribution in [3.63, 3.8) is 0 Å². The van der Waals surface area contributed by atoms with Gasteiger partial charge in [0, 0.05) is 12.6 Å². The van der Waals surface area contributed by atoms with Gasteiger partial charge in [-0.2, -0.15) is 13.2 Å². The van der Waals surface area contributed by atoms with Crippen molar-refractivity contribution in [2.75, 3.05) is 18.0 Å². The summed E-state index contributed by atoms with van der Waals surface area (Å²) in [6, 6.07) is 3.60. The summed E-state index contributed by atoms with van der Waals surface area (Å²) in [6.45, 7) is 2.02. The number of nitrogens with zero attached hydrogens (tertiary/aromatic N) is 1. The van der Waals surface area contributed by atoms with Crippen molar-refractivity contribution in [2.24, 2.45) is 5.73 Å². The van der Waals surface area contributed by atoms with Gasteiger partial charge in [-0.05, 0) is 25.5 Å². The van der Waals surface area contributed by atoms with E-state index >= 15 is 0 Å². The van der Waals surface area contributed by atoms with E-state index in [4.69, 9.17) is 5.73 Å². The largest absolute Gasteiger partial charge is 0.405 e. The molecule has 0 saturated carbocycles. The maximum atomic E-state index is 13.8. The molecule has 102 valence electrons. The second-order valence-corrected chi connectivity index (χ2v) is 4.10. The SMILES string of the molecule is CCN(CC(F)(F)F)c1c(F)cccc1[C@H](C)N. The summed E-state index contributed by atoms with van der Waals surface area (Å²) in [6.07, 6.45) is -4.38. The molecule has 0 spiro atoms. The maximum absolute atomic E-state index is 13.8. The van der Waals surface area contributed by atoms with Gasteiger partial charge in [-0.25, -0.2) is 4.39 Å². The van der Waals surface area contributed by atoms with Gasteiger partial charge in [-0.3, -0.25) is 0 Å². The molecule has 1 aromatic rings. The van der Waals surface area contributed by atoms with Crippen LogP contribution in [0.3, 0.4) is 0 Å². The molecule has 6 heteroatoms. The van der Waals surface area contributed by atoms with Gasteiger partial charge in [0.1, 0.15) is 12.4 Å². The van der Waals surface area contributed by atoms with Crippen molar-refractivity contribution in [3.05, 3.63) is 29.6 Å². The van der Waals surface area contributed by atoms with Gasteiger partial charge < -0.3 is 10.6 Å². The molecule has 0 aliphatic rings. The van der Waals surface area contributed by atoms with E-state index in [9.17, 15) is 17.6 Å². The Hall–Kier alpha value is -1.30. The third-order valence-electron chi connectivity index (χ3n) is 2.58. The monoisotopic (exact) mass is 264 g/mol. The van der Waals surface area contributed by atoms with Crippen molar-refractivity contribution in [1.29, 1.82) is 0 Å². The second-order valence-electron chi connectivity index (χ2n) is 4.10. The fourth-order valence-electron chi connectivity index (χ4n) is 1.80. The normalized spacial score (nSPS) is 13.5. The first-order chi connectivity index (χ1) is 8.26. The van der Waals surface area contributed by atoms with Crippen molar-refractivity contribution in [3.8, 4) is 0 Å². The molecular weight excluding hydrogens is 248 g/mol. The van der Waals surface area contributed by atoms with Gasteiger partial charge in [-0.1, -0.05) is 12.1 Å². The smallest absolute Gasteiger partial charge is 0.360 e. The number of para-hydroxylation sites is 1. The topological polar surface area (TPSA) is 29.3 Å². The Balaban J connectivity index is 3.19. The van der Waals surface area contributed by atoms with Crippen LogP contribution in [-0.2, 0) is 0 Å². The highest BCUT2D eigenvalue weighted by Crippen LogP contribution is 2.30. The summed E-state index contributed by atoms with van der Waals surface area (Å²) in [7, 11) is 0. The fourth-order valence-corrected chi connectivity index (χ4v) is 1.80. The van der Waals surface area contributed by atoms with E-state index in [-0.39, 0.29) is 12.2 Å². The van der Waals surface area contributed by atoms with Crippen molar-refractivity contribution in [1.82, 2.24) is 0 Å². The summed E-state index contributed by atoms with van der Waals surface area (Å²) >= 11 is 0. The molecule has 0 saturated heterocycles. The van der Waals surface area contributed by atoms with E-state index < -0.39 is 24.6 Å². The average Bonchev–Trinajstić information content (AvgIpc) is 2.24. The van der Waals surface area contributed by atoms with Gasteiger partial charge in [0.15, 0.2) is 0 Å². The molecule has 0 amide bonds. The summed E-state index contributed by atoms with van der Waals surface area (Å²) in [5.41, 5.74) is 5.98. The van der Waals surface area contributed by atoms with E-state index in [1.54, 1.807) is 19.9 Å². The predicted octanol–water partition coefficient (Wildman–Crippen LogP) is 3.23. The second kappa shape index (κ2) is 5.56. The molecule has 1 rings (SSSR count). The quantitative estimate of drug-likeness (QED) is 0.846. The Bertz CT molecular complexity index is 402. The number of rotatable bonds is 4. The molecule has 0 aliphatic carbocycles. The molecule has 2 N–H and O–H groups in total. The Morgan fingerprint density at radius 2 is 1.94 bits per heavy atom. The Morgan fingerprint density at radius 3 is 2.39 bits per heavy atom. The van der Waals surface area contributed by atoms with E-state index in [2.05, 4.69) is 0 Å². The van der Waals surface area contributed by atoms with E-state index in [0.717, 1.165) is 11.0 Å². The molecule has 0 heterocycles. The van der Waals surface area contributed by atoms with E-state index in [0.29, 0.717) is 5.56 Å². The lowest BCUT2D eigenvalue weighted by atomic mass is 10.1. The van der Waals surface area contributed by atoms with Crippen LogP contribution in [0.1, 0.15) is 25.5 Å². The maximum Gasteiger partial charge on any atom is 0.405 e. The average molecular weight is 264 g/mol. The summed E-state index contributed by atoms with van der Waals surface area (Å²) in [4.78, 5) is 0.952. The van der Waals surface area contributed by atoms with Crippen LogP contribution in [0.4, 0.5) is 23.2 Å². The summed E-state index contributed by atoms with van der Waals surface area (Å²) in [5, 5.41) is 0. The van der Waals surface area contributed by atoms with Crippen LogP contribution in [0.2, 0.25) is 0 Å². The fraction of sp³-hybridized carbons (Fsp3) is 0.500. The number of hydrogen-bond donors (Lipinski definition) is 1. The van der Waals surface area contributed by atoms with Crippen LogP contribution in [0.5, 0.6) is 0 Å². The lowest BCUT2D eigenvalue weighted by Crippen LogP contribution is -2.35. The lowest BCUT2D eigenvalue weighted by Gasteiger charge is -2.28. The van der Waals surface area contributed by atoms with Gasteiger partial charge in [0.25, 0.3) is 0 Å². The first-order valence-electron chi connectivity index (χ1n) is 5.62. The van der Waals surface area contributed by atoms with E-state index in [1.165, 1.54) is 6.07 Å². The molecule has 0 aromatic heterocycles. The molecule has 1 atom stereocenters. The minimum absolute atomic E-state index is 0.0557. The molecule has 1 aromatic carbocycles. The molecular formula is C12H16F4N2. The molecule has 0 bridgehead atoms. The summed E-state index contributed by atoms with van der Waals surface area (Å²) < 4.78 is 51.1. The van der Waals surface area contributed by atoms with E-state index in [1.807, 2.05) is 0 Å². The zero-order valence-electron chi connectivity index (χ0n) is 10.3. The van der Waals surface area contributed by atoms with Crippen LogP contribution in [0, 0.1) is 5.82 Å². The van der Waals surface area contributed by atoms with Crippen LogP contribution >= 0.6 is 0 Å². The first kappa shape index (κ1) is 14.8. The third kappa shape index (κ3) is 3.60. The van der Waals surface area contributed by atoms with Crippen LogP contribution in [0.25, 0.3) is 0 Å². The van der Waals surface area contributed by atoms with Gasteiger partial charge in [-0.15, -0.1) is 0 Å². The Morgan fingerprint density at radius 1 is 1.33 bits per heavy atom. The zero-order valence-corrected chi connectivity index (χ0v) is 10.3. The minimum Gasteiger partial charge on any atom is -0.360 e. The Labute approximate surface area is 103 Å².